The van der Waals surface area contributed by atoms with Crippen molar-refractivity contribution in [2.45, 2.75) is 70.6 Å². The van der Waals surface area contributed by atoms with Crippen LogP contribution in [0.25, 0.3) is 0 Å². The zero-order valence-electron chi connectivity index (χ0n) is 12.3. The Morgan fingerprint density at radius 1 is 1.16 bits per heavy atom. The van der Waals surface area contributed by atoms with Crippen molar-refractivity contribution in [3.63, 3.8) is 0 Å². The molecule has 1 heterocycles. The predicted molar refractivity (Wildman–Crippen MR) is 76.0 cm³/mol. The molecular formula is C15H28N2O2. The number of rotatable bonds is 5. The lowest BCUT2D eigenvalue weighted by Gasteiger charge is -2.30. The van der Waals surface area contributed by atoms with Crippen molar-refractivity contribution in [1.82, 2.24) is 10.6 Å². The molecule has 110 valence electrons. The van der Waals surface area contributed by atoms with Crippen molar-refractivity contribution in [2.75, 3.05) is 13.1 Å². The third-order valence-electron chi connectivity index (χ3n) is 4.26. The van der Waals surface area contributed by atoms with Crippen LogP contribution in [0, 0.1) is 5.92 Å². The molecule has 19 heavy (non-hydrogen) atoms. The van der Waals surface area contributed by atoms with E-state index in [0.717, 1.165) is 38.8 Å². The number of hydrogen-bond donors (Lipinski definition) is 2. The van der Waals surface area contributed by atoms with Gasteiger partial charge in [-0.05, 0) is 57.5 Å². The summed E-state index contributed by atoms with van der Waals surface area (Å²) < 4.78 is 5.66. The first-order valence-corrected chi connectivity index (χ1v) is 7.84. The van der Waals surface area contributed by atoms with Crippen LogP contribution in [0.5, 0.6) is 0 Å². The highest BCUT2D eigenvalue weighted by atomic mass is 16.5. The first-order valence-electron chi connectivity index (χ1n) is 7.84. The molecule has 4 heteroatoms. The van der Waals surface area contributed by atoms with E-state index in [4.69, 9.17) is 4.74 Å². The lowest BCUT2D eigenvalue weighted by atomic mass is 10.00. The summed E-state index contributed by atoms with van der Waals surface area (Å²) in [5.41, 5.74) is 0. The highest BCUT2D eigenvalue weighted by Crippen LogP contribution is 2.22. The van der Waals surface area contributed by atoms with Gasteiger partial charge in [0.05, 0.1) is 0 Å². The van der Waals surface area contributed by atoms with Gasteiger partial charge in [-0.25, -0.2) is 0 Å². The second kappa shape index (κ2) is 7.25. The van der Waals surface area contributed by atoms with Crippen LogP contribution in [0.4, 0.5) is 0 Å². The first-order chi connectivity index (χ1) is 9.16. The first kappa shape index (κ1) is 14.8. The van der Waals surface area contributed by atoms with Crippen LogP contribution in [0.2, 0.25) is 0 Å². The van der Waals surface area contributed by atoms with E-state index in [1.165, 1.54) is 12.8 Å². The summed E-state index contributed by atoms with van der Waals surface area (Å²) in [6, 6.07) is 0.300. The van der Waals surface area contributed by atoms with Crippen LogP contribution >= 0.6 is 0 Å². The summed E-state index contributed by atoms with van der Waals surface area (Å²) in [6.07, 6.45) is 6.86. The van der Waals surface area contributed by atoms with Gasteiger partial charge in [0.25, 0.3) is 0 Å². The van der Waals surface area contributed by atoms with Crippen LogP contribution in [-0.4, -0.2) is 37.2 Å². The summed E-state index contributed by atoms with van der Waals surface area (Å²) in [4.78, 5) is 12.3. The molecule has 0 aromatic heterocycles. The van der Waals surface area contributed by atoms with Gasteiger partial charge < -0.3 is 15.4 Å². The minimum atomic E-state index is -0.149. The minimum absolute atomic E-state index is 0.0413. The number of esters is 1. The number of carbonyl (C=O) groups is 1. The largest absolute Gasteiger partial charge is 0.461 e. The Morgan fingerprint density at radius 3 is 2.37 bits per heavy atom. The topological polar surface area (TPSA) is 50.4 Å². The number of piperidine rings is 1. The average molecular weight is 268 g/mol. The fourth-order valence-electron chi connectivity index (χ4n) is 3.02. The molecule has 2 rings (SSSR count). The molecule has 1 aliphatic heterocycles. The molecule has 0 aromatic carbocycles. The van der Waals surface area contributed by atoms with E-state index < -0.39 is 0 Å². The van der Waals surface area contributed by atoms with Crippen LogP contribution in [0.3, 0.4) is 0 Å². The van der Waals surface area contributed by atoms with Gasteiger partial charge in [0, 0.05) is 6.04 Å². The molecule has 1 aliphatic carbocycles. The standard InChI is InChI=1S/C15H28N2O2/c1-11(2)14(17-12-7-9-16-10-8-12)15(18)19-13-5-3-4-6-13/h11-14,16-17H,3-10H2,1-2H3. The molecule has 1 atom stereocenters. The highest BCUT2D eigenvalue weighted by molar-refractivity contribution is 5.76. The number of hydrogen-bond acceptors (Lipinski definition) is 4. The van der Waals surface area contributed by atoms with Crippen LogP contribution < -0.4 is 10.6 Å². The van der Waals surface area contributed by atoms with Crippen molar-refractivity contribution in [2.24, 2.45) is 5.92 Å². The number of carbonyl (C=O) groups excluding carboxylic acids is 1. The maximum Gasteiger partial charge on any atom is 0.323 e. The maximum atomic E-state index is 12.3. The van der Waals surface area contributed by atoms with Crippen molar-refractivity contribution < 1.29 is 9.53 Å². The van der Waals surface area contributed by atoms with E-state index in [0.29, 0.717) is 6.04 Å². The lowest BCUT2D eigenvalue weighted by molar-refractivity contribution is -0.152. The van der Waals surface area contributed by atoms with Gasteiger partial charge in [-0.1, -0.05) is 13.8 Å². The minimum Gasteiger partial charge on any atom is -0.461 e. The summed E-state index contributed by atoms with van der Waals surface area (Å²) in [5, 5.41) is 6.86. The third kappa shape index (κ3) is 4.46. The molecule has 4 nitrogen and oxygen atoms in total. The molecule has 0 spiro atoms. The van der Waals surface area contributed by atoms with E-state index in [2.05, 4.69) is 24.5 Å². The third-order valence-corrected chi connectivity index (χ3v) is 4.26. The quantitative estimate of drug-likeness (QED) is 0.747. The van der Waals surface area contributed by atoms with Gasteiger partial charge in [-0.15, -0.1) is 0 Å². The molecule has 2 aliphatic rings. The summed E-state index contributed by atoms with van der Waals surface area (Å²) >= 11 is 0. The Kier molecular flexibility index (Phi) is 5.64. The second-order valence-electron chi connectivity index (χ2n) is 6.26. The monoisotopic (exact) mass is 268 g/mol. The Labute approximate surface area is 116 Å². The van der Waals surface area contributed by atoms with Crippen molar-refractivity contribution in [1.29, 1.82) is 0 Å². The van der Waals surface area contributed by atoms with Gasteiger partial charge in [0.2, 0.25) is 0 Å². The number of nitrogens with one attached hydrogen (secondary N) is 2. The highest BCUT2D eigenvalue weighted by Gasteiger charge is 2.29. The Hall–Kier alpha value is -0.610. The molecule has 1 unspecified atom stereocenters. The number of ether oxygens (including phenoxy) is 1. The molecule has 2 N–H and O–H groups in total. The molecule has 0 bridgehead atoms. The summed E-state index contributed by atoms with van der Waals surface area (Å²) in [5.74, 6) is 0.240. The van der Waals surface area contributed by atoms with Crippen molar-refractivity contribution >= 4 is 5.97 Å². The van der Waals surface area contributed by atoms with E-state index in [1.807, 2.05) is 0 Å². The fraction of sp³-hybridized carbons (Fsp3) is 0.933. The maximum absolute atomic E-state index is 12.3. The second-order valence-corrected chi connectivity index (χ2v) is 6.26. The van der Waals surface area contributed by atoms with Gasteiger partial charge in [-0.2, -0.15) is 0 Å². The fourth-order valence-corrected chi connectivity index (χ4v) is 3.02. The summed E-state index contributed by atoms with van der Waals surface area (Å²) in [7, 11) is 0. The van der Waals surface area contributed by atoms with Gasteiger partial charge in [-0.3, -0.25) is 4.79 Å². The molecule has 0 amide bonds. The Bertz CT molecular complexity index is 282. The van der Waals surface area contributed by atoms with E-state index in [-0.39, 0.29) is 24.0 Å². The van der Waals surface area contributed by atoms with Crippen LogP contribution in [-0.2, 0) is 9.53 Å². The molecule has 0 aromatic rings. The molecule has 1 saturated heterocycles. The SMILES string of the molecule is CC(C)C(NC1CCNCC1)C(=O)OC1CCCC1. The molecule has 0 radical (unpaired) electrons. The average Bonchev–Trinajstić information content (AvgIpc) is 2.89. The van der Waals surface area contributed by atoms with E-state index in [1.54, 1.807) is 0 Å². The van der Waals surface area contributed by atoms with Crippen LogP contribution in [0.15, 0.2) is 0 Å². The molecule has 1 saturated carbocycles. The van der Waals surface area contributed by atoms with E-state index in [9.17, 15) is 4.79 Å². The Balaban J connectivity index is 1.84. The zero-order chi connectivity index (χ0) is 13.7. The zero-order valence-corrected chi connectivity index (χ0v) is 12.3. The van der Waals surface area contributed by atoms with Crippen molar-refractivity contribution in [3.05, 3.63) is 0 Å². The Morgan fingerprint density at radius 2 is 1.79 bits per heavy atom. The van der Waals surface area contributed by atoms with Gasteiger partial charge in [0.15, 0.2) is 0 Å². The summed E-state index contributed by atoms with van der Waals surface area (Å²) in [6.45, 7) is 6.27. The molecular weight excluding hydrogens is 240 g/mol. The van der Waals surface area contributed by atoms with Gasteiger partial charge >= 0.3 is 5.97 Å². The smallest absolute Gasteiger partial charge is 0.323 e. The normalized spacial score (nSPS) is 23.7. The van der Waals surface area contributed by atoms with E-state index >= 15 is 0 Å². The van der Waals surface area contributed by atoms with Crippen molar-refractivity contribution in [3.8, 4) is 0 Å². The predicted octanol–water partition coefficient (Wildman–Crippen LogP) is 1.84. The van der Waals surface area contributed by atoms with Gasteiger partial charge in [0.1, 0.15) is 12.1 Å². The molecule has 2 fully saturated rings. The van der Waals surface area contributed by atoms with Crippen LogP contribution in [0.1, 0.15) is 52.4 Å². The lowest BCUT2D eigenvalue weighted by Crippen LogP contribution is -2.51.